The van der Waals surface area contributed by atoms with E-state index in [1.807, 2.05) is 37.3 Å². The van der Waals surface area contributed by atoms with Crippen LogP contribution in [0.5, 0.6) is 11.5 Å². The summed E-state index contributed by atoms with van der Waals surface area (Å²) in [6.07, 6.45) is -1.17. The Morgan fingerprint density at radius 1 is 0.700 bits per heavy atom. The molecule has 276 valence electrons. The highest BCUT2D eigenvalue weighted by Gasteiger charge is 2.34. The maximum Gasteiger partial charge on any atom is 0.326 e. The van der Waals surface area contributed by atoms with E-state index in [1.54, 1.807) is 52.8 Å². The minimum absolute atomic E-state index is 0.0254. The molecule has 0 aliphatic heterocycles. The Balaban J connectivity index is 2.22. The number of nitrogens with one attached hydrogen (secondary N) is 4. The van der Waals surface area contributed by atoms with E-state index in [0.29, 0.717) is 23.5 Å². The Bertz CT molecular complexity index is 1430. The molecule has 50 heavy (non-hydrogen) atoms. The van der Waals surface area contributed by atoms with Crippen molar-refractivity contribution in [3.63, 3.8) is 0 Å². The van der Waals surface area contributed by atoms with Crippen LogP contribution in [0.3, 0.4) is 0 Å². The van der Waals surface area contributed by atoms with Gasteiger partial charge < -0.3 is 41.0 Å². The molecule has 6 atom stereocenters. The maximum absolute atomic E-state index is 13.7. The van der Waals surface area contributed by atoms with Gasteiger partial charge in [-0.25, -0.2) is 4.79 Å². The Hall–Kier alpha value is -4.65. The minimum atomic E-state index is -1.38. The molecule has 0 saturated carbocycles. The van der Waals surface area contributed by atoms with Crippen molar-refractivity contribution < 1.29 is 43.7 Å². The predicted molar refractivity (Wildman–Crippen MR) is 189 cm³/mol. The van der Waals surface area contributed by atoms with Crippen LogP contribution >= 0.6 is 0 Å². The molecule has 2 aromatic rings. The van der Waals surface area contributed by atoms with Crippen LogP contribution in [0.1, 0.15) is 65.5 Å². The van der Waals surface area contributed by atoms with E-state index in [4.69, 9.17) is 9.47 Å². The van der Waals surface area contributed by atoms with Gasteiger partial charge in [0.15, 0.2) is 11.5 Å². The summed E-state index contributed by atoms with van der Waals surface area (Å²) in [5, 5.41) is 31.7. The number of aliphatic hydroxyl groups is 1. The topological polar surface area (TPSA) is 192 Å². The molecule has 2 rings (SSSR count). The summed E-state index contributed by atoms with van der Waals surface area (Å²) in [6, 6.07) is 10.1. The quantitative estimate of drug-likeness (QED) is 0.121. The van der Waals surface area contributed by atoms with Gasteiger partial charge in [-0.05, 0) is 47.4 Å². The zero-order valence-corrected chi connectivity index (χ0v) is 30.3. The number of carbonyl (C=O) groups excluding carboxylic acids is 4. The Labute approximate surface area is 294 Å². The van der Waals surface area contributed by atoms with Gasteiger partial charge in [-0.1, -0.05) is 84.4 Å². The molecule has 0 aliphatic rings. The van der Waals surface area contributed by atoms with Gasteiger partial charge >= 0.3 is 5.97 Å². The number of rotatable bonds is 20. The number of amides is 4. The molecular weight excluding hydrogens is 644 g/mol. The SMILES string of the molecule is CC[C@H](C)[C@H](NC(=O)CC(O)C(Cc1ccccc1)NC(=O)[C@@H](NC(=O)Cc1ccc(OC)c(OC)c1)C(C)C)C(=O)N[C@H](C(=O)O)C(C)C. The smallest absolute Gasteiger partial charge is 0.326 e. The fourth-order valence-electron chi connectivity index (χ4n) is 5.38. The first kappa shape index (κ1) is 41.5. The molecule has 6 N–H and O–H groups in total. The van der Waals surface area contributed by atoms with Crippen molar-refractivity contribution in [2.24, 2.45) is 17.8 Å². The molecule has 0 bridgehead atoms. The first-order valence-corrected chi connectivity index (χ1v) is 17.0. The summed E-state index contributed by atoms with van der Waals surface area (Å²) in [4.78, 5) is 64.9. The van der Waals surface area contributed by atoms with Crippen LogP contribution in [0.2, 0.25) is 0 Å². The van der Waals surface area contributed by atoms with Crippen LogP contribution < -0.4 is 30.7 Å². The Kier molecular flexibility index (Phi) is 16.7. The minimum Gasteiger partial charge on any atom is -0.493 e. The number of carboxylic acids is 1. The lowest BCUT2D eigenvalue weighted by molar-refractivity contribution is -0.143. The average Bonchev–Trinajstić information content (AvgIpc) is 3.07. The number of aliphatic carboxylic acids is 1. The molecular formula is C37H54N4O9. The van der Waals surface area contributed by atoms with Crippen molar-refractivity contribution in [2.75, 3.05) is 14.2 Å². The summed E-state index contributed by atoms with van der Waals surface area (Å²) >= 11 is 0. The molecule has 0 saturated heterocycles. The number of carboxylic acid groups (broad SMARTS) is 1. The number of ether oxygens (including phenoxy) is 2. The Morgan fingerprint density at radius 2 is 1.28 bits per heavy atom. The van der Waals surface area contributed by atoms with E-state index in [2.05, 4.69) is 21.3 Å². The van der Waals surface area contributed by atoms with Gasteiger partial charge in [-0.3, -0.25) is 19.2 Å². The molecule has 0 heterocycles. The zero-order chi connectivity index (χ0) is 37.5. The predicted octanol–water partition coefficient (Wildman–Crippen LogP) is 2.62. The van der Waals surface area contributed by atoms with E-state index >= 15 is 0 Å². The second-order valence-corrected chi connectivity index (χ2v) is 13.2. The van der Waals surface area contributed by atoms with E-state index < -0.39 is 66.3 Å². The van der Waals surface area contributed by atoms with Crippen molar-refractivity contribution >= 4 is 29.6 Å². The summed E-state index contributed by atoms with van der Waals surface area (Å²) in [7, 11) is 3.01. The number of hydrogen-bond donors (Lipinski definition) is 6. The molecule has 4 amide bonds. The highest BCUT2D eigenvalue weighted by molar-refractivity contribution is 5.91. The highest BCUT2D eigenvalue weighted by atomic mass is 16.5. The van der Waals surface area contributed by atoms with Crippen LogP contribution in [-0.4, -0.2) is 84.3 Å². The molecule has 13 heteroatoms. The molecule has 0 spiro atoms. The number of carbonyl (C=O) groups is 5. The molecule has 0 aliphatic carbocycles. The second-order valence-electron chi connectivity index (χ2n) is 13.2. The van der Waals surface area contributed by atoms with Crippen molar-refractivity contribution in [3.05, 3.63) is 59.7 Å². The summed E-state index contributed by atoms with van der Waals surface area (Å²) in [5.41, 5.74) is 1.44. The largest absolute Gasteiger partial charge is 0.493 e. The molecule has 0 aromatic heterocycles. The van der Waals surface area contributed by atoms with E-state index in [-0.39, 0.29) is 30.6 Å². The monoisotopic (exact) mass is 698 g/mol. The third-order valence-corrected chi connectivity index (χ3v) is 8.61. The summed E-state index contributed by atoms with van der Waals surface area (Å²) in [5.74, 6) is -3.48. The number of methoxy groups -OCH3 is 2. The van der Waals surface area contributed by atoms with Crippen LogP contribution in [0.25, 0.3) is 0 Å². The zero-order valence-electron chi connectivity index (χ0n) is 30.3. The van der Waals surface area contributed by atoms with Crippen molar-refractivity contribution in [2.45, 2.75) is 97.5 Å². The lowest BCUT2D eigenvalue weighted by Gasteiger charge is -2.30. The van der Waals surface area contributed by atoms with Gasteiger partial charge in [0.25, 0.3) is 0 Å². The first-order chi connectivity index (χ1) is 23.6. The third kappa shape index (κ3) is 12.7. The lowest BCUT2D eigenvalue weighted by atomic mass is 9.95. The first-order valence-electron chi connectivity index (χ1n) is 17.0. The van der Waals surface area contributed by atoms with E-state index in [1.165, 1.54) is 14.2 Å². The van der Waals surface area contributed by atoms with Crippen LogP contribution in [-0.2, 0) is 36.8 Å². The highest BCUT2D eigenvalue weighted by Crippen LogP contribution is 2.27. The average molecular weight is 699 g/mol. The second kappa shape index (κ2) is 20.1. The van der Waals surface area contributed by atoms with E-state index in [9.17, 15) is 34.2 Å². The van der Waals surface area contributed by atoms with Crippen LogP contribution in [0, 0.1) is 17.8 Å². The summed E-state index contributed by atoms with van der Waals surface area (Å²) in [6.45, 7) is 10.5. The molecule has 2 unspecified atom stereocenters. The van der Waals surface area contributed by atoms with Crippen molar-refractivity contribution in [1.82, 2.24) is 21.3 Å². The maximum atomic E-state index is 13.7. The number of benzene rings is 2. The normalized spacial score (nSPS) is 14.8. The molecule has 2 aromatic carbocycles. The van der Waals surface area contributed by atoms with Crippen molar-refractivity contribution in [3.8, 4) is 11.5 Å². The number of hydrogen-bond acceptors (Lipinski definition) is 8. The number of aliphatic hydroxyl groups excluding tert-OH is 1. The fraction of sp³-hybridized carbons (Fsp3) is 0.541. The molecule has 13 nitrogen and oxygen atoms in total. The summed E-state index contributed by atoms with van der Waals surface area (Å²) < 4.78 is 10.6. The van der Waals surface area contributed by atoms with Gasteiger partial charge in [0.1, 0.15) is 18.1 Å². The van der Waals surface area contributed by atoms with Gasteiger partial charge in [0.05, 0.1) is 39.2 Å². The Morgan fingerprint density at radius 3 is 1.82 bits per heavy atom. The molecule has 0 radical (unpaired) electrons. The van der Waals surface area contributed by atoms with Crippen LogP contribution in [0.15, 0.2) is 48.5 Å². The van der Waals surface area contributed by atoms with Crippen molar-refractivity contribution in [1.29, 1.82) is 0 Å². The fourth-order valence-corrected chi connectivity index (χ4v) is 5.38. The standard InChI is InChI=1S/C37H54N4O9/c1-9-23(6)34(36(46)41-33(22(4)5)37(47)48)40-31(44)20-27(42)26(17-24-13-11-10-12-14-24)38-35(45)32(21(2)3)39-30(43)19-25-15-16-28(49-7)29(18-25)50-8/h10-16,18,21-23,26-27,32-34,42H,9,17,19-20H2,1-8H3,(H,38,45)(H,39,43)(H,40,44)(H,41,46)(H,47,48)/t23-,26?,27?,32-,33-,34-/m0/s1. The van der Waals surface area contributed by atoms with E-state index in [0.717, 1.165) is 5.56 Å². The van der Waals surface area contributed by atoms with Crippen LogP contribution in [0.4, 0.5) is 0 Å². The lowest BCUT2D eigenvalue weighted by Crippen LogP contribution is -2.57. The van der Waals surface area contributed by atoms with Gasteiger partial charge in [-0.15, -0.1) is 0 Å². The van der Waals surface area contributed by atoms with Gasteiger partial charge in [-0.2, -0.15) is 0 Å². The molecule has 0 fully saturated rings. The van der Waals surface area contributed by atoms with Gasteiger partial charge in [0, 0.05) is 0 Å². The third-order valence-electron chi connectivity index (χ3n) is 8.61. The van der Waals surface area contributed by atoms with Gasteiger partial charge in [0.2, 0.25) is 23.6 Å².